The molecule has 0 aliphatic carbocycles. The second kappa shape index (κ2) is 10.2. The Morgan fingerprint density at radius 1 is 0.388 bits per heavy atom. The van der Waals surface area contributed by atoms with Crippen molar-refractivity contribution in [2.75, 3.05) is 0 Å². The van der Waals surface area contributed by atoms with E-state index in [-0.39, 0.29) is 0 Å². The van der Waals surface area contributed by atoms with E-state index in [2.05, 4.69) is 167 Å². The first-order valence-corrected chi connectivity index (χ1v) is 16.7. The van der Waals surface area contributed by atoms with Gasteiger partial charge in [-0.05, 0) is 92.7 Å². The molecule has 0 unspecified atom stereocenters. The van der Waals surface area contributed by atoms with E-state index in [1.165, 1.54) is 49.1 Å². The summed E-state index contributed by atoms with van der Waals surface area (Å²) >= 11 is 0. The second-order valence-corrected chi connectivity index (χ2v) is 13.1. The molecule has 0 fully saturated rings. The SMILES string of the molecule is Cc1ccc2c(c1)c1cc(C)ccc1n2-c1ccc2c(c1)c1ccccc1n2-c1cc(C#N)ccc1-n1c2ccccc2c2ccccc21. The number of para-hydroxylation sites is 3. The van der Waals surface area contributed by atoms with Crippen LogP contribution in [0.25, 0.3) is 82.5 Å². The molecular formula is C45H30N4. The Bertz CT molecular complexity index is 2920. The zero-order valence-corrected chi connectivity index (χ0v) is 27.1. The van der Waals surface area contributed by atoms with Crippen LogP contribution in [-0.2, 0) is 0 Å². The van der Waals surface area contributed by atoms with Crippen LogP contribution in [-0.4, -0.2) is 13.7 Å². The highest BCUT2D eigenvalue weighted by molar-refractivity contribution is 6.13. The van der Waals surface area contributed by atoms with Crippen molar-refractivity contribution in [3.8, 4) is 23.1 Å². The van der Waals surface area contributed by atoms with Crippen LogP contribution >= 0.6 is 0 Å². The number of hydrogen-bond acceptors (Lipinski definition) is 1. The van der Waals surface area contributed by atoms with Crippen LogP contribution in [0.5, 0.6) is 0 Å². The van der Waals surface area contributed by atoms with E-state index in [0.717, 1.165) is 44.5 Å². The van der Waals surface area contributed by atoms with Gasteiger partial charge in [0.1, 0.15) is 0 Å². The Hall–Kier alpha value is -6.57. The maximum Gasteiger partial charge on any atom is 0.0992 e. The Labute approximate surface area is 282 Å². The summed E-state index contributed by atoms with van der Waals surface area (Å²) in [6, 6.07) is 54.6. The second-order valence-electron chi connectivity index (χ2n) is 13.1. The van der Waals surface area contributed by atoms with Crippen LogP contribution in [0.15, 0.2) is 146 Å². The van der Waals surface area contributed by atoms with Gasteiger partial charge < -0.3 is 13.7 Å². The lowest BCUT2D eigenvalue weighted by Gasteiger charge is -2.17. The number of nitrogens with zero attached hydrogens (tertiary/aromatic N) is 4. The summed E-state index contributed by atoms with van der Waals surface area (Å²) in [5.74, 6) is 0. The van der Waals surface area contributed by atoms with Gasteiger partial charge in [0.25, 0.3) is 0 Å². The number of fused-ring (bicyclic) bond motifs is 9. The van der Waals surface area contributed by atoms with Gasteiger partial charge in [-0.2, -0.15) is 5.26 Å². The molecule has 0 atom stereocenters. The Balaban J connectivity index is 1.29. The number of benzene rings is 7. The van der Waals surface area contributed by atoms with E-state index in [1.807, 2.05) is 12.1 Å². The van der Waals surface area contributed by atoms with Gasteiger partial charge in [0.05, 0.1) is 56.1 Å². The van der Waals surface area contributed by atoms with E-state index in [9.17, 15) is 5.26 Å². The zero-order chi connectivity index (χ0) is 32.8. The maximum atomic E-state index is 10.1. The average Bonchev–Trinajstić information content (AvgIpc) is 3.76. The van der Waals surface area contributed by atoms with Crippen molar-refractivity contribution in [3.05, 3.63) is 162 Å². The third kappa shape index (κ3) is 3.91. The van der Waals surface area contributed by atoms with Crippen LogP contribution in [0.2, 0.25) is 0 Å². The van der Waals surface area contributed by atoms with E-state index >= 15 is 0 Å². The topological polar surface area (TPSA) is 38.6 Å². The number of aromatic nitrogens is 3. The van der Waals surface area contributed by atoms with Crippen molar-refractivity contribution in [2.24, 2.45) is 0 Å². The molecule has 0 N–H and O–H groups in total. The van der Waals surface area contributed by atoms with E-state index in [1.54, 1.807) is 0 Å². The lowest BCUT2D eigenvalue weighted by atomic mass is 10.1. The first kappa shape index (κ1) is 27.5. The predicted molar refractivity (Wildman–Crippen MR) is 204 cm³/mol. The van der Waals surface area contributed by atoms with Crippen LogP contribution < -0.4 is 0 Å². The molecule has 10 aromatic rings. The summed E-state index contributed by atoms with van der Waals surface area (Å²) in [5, 5.41) is 17.4. The molecule has 4 heteroatoms. The molecular weight excluding hydrogens is 597 g/mol. The van der Waals surface area contributed by atoms with Crippen LogP contribution in [0.1, 0.15) is 16.7 Å². The summed E-state index contributed by atoms with van der Waals surface area (Å²) in [5.41, 5.74) is 13.1. The number of hydrogen-bond donors (Lipinski definition) is 0. The quantitative estimate of drug-likeness (QED) is 0.192. The highest BCUT2D eigenvalue weighted by Gasteiger charge is 2.21. The van der Waals surface area contributed by atoms with Crippen LogP contribution in [0.3, 0.4) is 0 Å². The minimum atomic E-state index is 0.623. The van der Waals surface area contributed by atoms with E-state index < -0.39 is 0 Å². The molecule has 7 aromatic carbocycles. The molecule has 0 radical (unpaired) electrons. The molecule has 0 saturated carbocycles. The molecule has 0 bridgehead atoms. The molecule has 4 nitrogen and oxygen atoms in total. The lowest BCUT2D eigenvalue weighted by molar-refractivity contribution is 1.09. The molecule has 10 rings (SSSR count). The number of rotatable bonds is 3. The highest BCUT2D eigenvalue weighted by Crippen LogP contribution is 2.40. The smallest absolute Gasteiger partial charge is 0.0992 e. The fourth-order valence-electron chi connectivity index (χ4n) is 8.03. The van der Waals surface area contributed by atoms with Crippen molar-refractivity contribution in [3.63, 3.8) is 0 Å². The van der Waals surface area contributed by atoms with Gasteiger partial charge >= 0.3 is 0 Å². The molecule has 0 saturated heterocycles. The third-order valence-corrected chi connectivity index (χ3v) is 10.2. The molecule has 0 spiro atoms. The average molecular weight is 627 g/mol. The van der Waals surface area contributed by atoms with Gasteiger partial charge in [-0.3, -0.25) is 0 Å². The molecule has 0 amide bonds. The minimum Gasteiger partial charge on any atom is -0.309 e. The summed E-state index contributed by atoms with van der Waals surface area (Å²) in [6.45, 7) is 4.32. The monoisotopic (exact) mass is 626 g/mol. The Morgan fingerprint density at radius 3 is 1.41 bits per heavy atom. The predicted octanol–water partition coefficient (Wildman–Crippen LogP) is 11.5. The van der Waals surface area contributed by atoms with Gasteiger partial charge in [-0.1, -0.05) is 77.9 Å². The molecule has 0 aliphatic rings. The molecule has 0 aliphatic heterocycles. The molecule has 3 aromatic heterocycles. The van der Waals surface area contributed by atoms with Crippen LogP contribution in [0, 0.1) is 25.2 Å². The van der Waals surface area contributed by atoms with Crippen molar-refractivity contribution >= 4 is 65.4 Å². The van der Waals surface area contributed by atoms with Gasteiger partial charge in [0.15, 0.2) is 0 Å². The lowest BCUT2D eigenvalue weighted by Crippen LogP contribution is -2.04. The van der Waals surface area contributed by atoms with E-state index in [0.29, 0.717) is 5.56 Å². The summed E-state index contributed by atoms with van der Waals surface area (Å²) in [7, 11) is 0. The minimum absolute atomic E-state index is 0.623. The molecule has 3 heterocycles. The van der Waals surface area contributed by atoms with Gasteiger partial charge in [-0.25, -0.2) is 0 Å². The fraction of sp³-hybridized carbons (Fsp3) is 0.0444. The largest absolute Gasteiger partial charge is 0.309 e. The van der Waals surface area contributed by atoms with Gasteiger partial charge in [0.2, 0.25) is 0 Å². The number of aryl methyl sites for hydroxylation is 2. The Kier molecular flexibility index (Phi) is 5.74. The Morgan fingerprint density at radius 2 is 0.837 bits per heavy atom. The van der Waals surface area contributed by atoms with Crippen LogP contribution in [0.4, 0.5) is 0 Å². The van der Waals surface area contributed by atoms with Crippen molar-refractivity contribution in [2.45, 2.75) is 13.8 Å². The summed E-state index contributed by atoms with van der Waals surface area (Å²) < 4.78 is 7.08. The van der Waals surface area contributed by atoms with Crippen molar-refractivity contribution < 1.29 is 0 Å². The highest BCUT2D eigenvalue weighted by atomic mass is 15.1. The third-order valence-electron chi connectivity index (χ3n) is 10.2. The van der Waals surface area contributed by atoms with Gasteiger partial charge in [0, 0.05) is 38.0 Å². The van der Waals surface area contributed by atoms with Gasteiger partial charge in [-0.15, -0.1) is 0 Å². The molecule has 49 heavy (non-hydrogen) atoms. The summed E-state index contributed by atoms with van der Waals surface area (Å²) in [4.78, 5) is 0. The van der Waals surface area contributed by atoms with Crippen molar-refractivity contribution in [1.82, 2.24) is 13.7 Å². The first-order valence-electron chi connectivity index (χ1n) is 16.7. The maximum absolute atomic E-state index is 10.1. The molecule has 230 valence electrons. The first-order chi connectivity index (χ1) is 24.1. The normalized spacial score (nSPS) is 11.9. The number of nitriles is 1. The standard InChI is InChI=1S/C45H30N4/c1-28-15-19-41-35(23-28)36-24-29(2)16-20-42(36)47(41)31-18-22-43-37(26-31)34-11-5-8-14-40(34)49(43)45-25-30(27-46)17-21-44(45)48-38-12-6-3-9-32(38)33-10-4-7-13-39(33)48/h3-26H,1-2H3. The fourth-order valence-corrected chi connectivity index (χ4v) is 8.03. The van der Waals surface area contributed by atoms with Crippen molar-refractivity contribution in [1.29, 1.82) is 5.26 Å². The summed E-state index contributed by atoms with van der Waals surface area (Å²) in [6.07, 6.45) is 0. The van der Waals surface area contributed by atoms with E-state index in [4.69, 9.17) is 0 Å². The zero-order valence-electron chi connectivity index (χ0n) is 27.1.